The van der Waals surface area contributed by atoms with Crippen LogP contribution in [0.4, 0.5) is 5.69 Å². The first-order chi connectivity index (χ1) is 11.5. The number of carbonyl (C=O) groups is 3. The highest BCUT2D eigenvalue weighted by Gasteiger charge is 2.37. The predicted molar refractivity (Wildman–Crippen MR) is 89.1 cm³/mol. The number of ether oxygens (including phenoxy) is 1. The summed E-state index contributed by atoms with van der Waals surface area (Å²) in [7, 11) is 0. The predicted octanol–water partition coefficient (Wildman–Crippen LogP) is 3.17. The molecule has 122 valence electrons. The van der Waals surface area contributed by atoms with Crippen LogP contribution in [-0.2, 0) is 14.3 Å². The molecule has 0 radical (unpaired) electrons. The van der Waals surface area contributed by atoms with E-state index in [0.717, 1.165) is 10.5 Å². The van der Waals surface area contributed by atoms with Crippen LogP contribution in [-0.4, -0.2) is 24.2 Å². The smallest absolute Gasteiger partial charge is 0.326 e. The molecule has 0 aliphatic carbocycles. The van der Waals surface area contributed by atoms with Crippen molar-refractivity contribution in [3.63, 3.8) is 0 Å². The number of ketones is 1. The molecule has 6 heteroatoms. The van der Waals surface area contributed by atoms with E-state index in [-0.39, 0.29) is 12.1 Å². The molecule has 0 N–H and O–H groups in total. The van der Waals surface area contributed by atoms with Gasteiger partial charge in [0.2, 0.25) is 0 Å². The molecule has 1 aliphatic rings. The number of esters is 1. The molecule has 1 aliphatic heterocycles. The Kier molecular flexibility index (Phi) is 4.36. The molecule has 0 unspecified atom stereocenters. The molecular formula is C18H14ClNO4. The molecular weight excluding hydrogens is 330 g/mol. The summed E-state index contributed by atoms with van der Waals surface area (Å²) in [5.74, 6) is -2.01. The van der Waals surface area contributed by atoms with Gasteiger partial charge >= 0.3 is 5.97 Å². The molecule has 2 aromatic carbocycles. The van der Waals surface area contributed by atoms with Crippen molar-refractivity contribution in [2.24, 2.45) is 0 Å². The van der Waals surface area contributed by atoms with Crippen LogP contribution >= 0.6 is 11.6 Å². The molecule has 3 rings (SSSR count). The Morgan fingerprint density at radius 1 is 1.17 bits per heavy atom. The Morgan fingerprint density at radius 2 is 1.88 bits per heavy atom. The second kappa shape index (κ2) is 6.45. The SMILES string of the molecule is C[C@@H](OC(=O)CN1C(=O)C(=O)c2cc(Cl)ccc21)c1ccccc1. The summed E-state index contributed by atoms with van der Waals surface area (Å²) in [6.07, 6.45) is -0.447. The van der Waals surface area contributed by atoms with Gasteiger partial charge in [0.25, 0.3) is 11.7 Å². The standard InChI is InChI=1S/C18H14ClNO4/c1-11(12-5-3-2-4-6-12)24-16(21)10-20-15-8-7-13(19)9-14(15)17(22)18(20)23/h2-9,11H,10H2,1H3/t11-/m1/s1. The number of rotatable bonds is 4. The van der Waals surface area contributed by atoms with Gasteiger partial charge in [0.1, 0.15) is 12.6 Å². The highest BCUT2D eigenvalue weighted by atomic mass is 35.5. The highest BCUT2D eigenvalue weighted by Crippen LogP contribution is 2.31. The fourth-order valence-electron chi connectivity index (χ4n) is 2.59. The number of benzene rings is 2. The molecule has 0 fully saturated rings. The first kappa shape index (κ1) is 16.2. The van der Waals surface area contributed by atoms with Crippen LogP contribution in [0.3, 0.4) is 0 Å². The largest absolute Gasteiger partial charge is 0.456 e. The maximum Gasteiger partial charge on any atom is 0.326 e. The van der Waals surface area contributed by atoms with Gasteiger partial charge < -0.3 is 4.74 Å². The summed E-state index contributed by atoms with van der Waals surface area (Å²) in [5, 5.41) is 0.358. The number of Topliss-reactive ketones (excluding diaryl/α,β-unsaturated/α-hetero) is 1. The third kappa shape index (κ3) is 3.03. The minimum Gasteiger partial charge on any atom is -0.456 e. The molecule has 0 saturated carbocycles. The lowest BCUT2D eigenvalue weighted by Crippen LogP contribution is -2.35. The first-order valence-electron chi connectivity index (χ1n) is 7.37. The van der Waals surface area contributed by atoms with E-state index in [1.165, 1.54) is 6.07 Å². The van der Waals surface area contributed by atoms with Crippen molar-refractivity contribution < 1.29 is 19.1 Å². The zero-order chi connectivity index (χ0) is 17.3. The van der Waals surface area contributed by atoms with Crippen LogP contribution in [0.2, 0.25) is 5.02 Å². The van der Waals surface area contributed by atoms with Gasteiger partial charge in [-0.1, -0.05) is 41.9 Å². The summed E-state index contributed by atoms with van der Waals surface area (Å²) in [5.41, 5.74) is 1.43. The summed E-state index contributed by atoms with van der Waals surface area (Å²) >= 11 is 5.85. The Hall–Kier alpha value is -2.66. The van der Waals surface area contributed by atoms with Gasteiger partial charge in [0, 0.05) is 5.02 Å². The van der Waals surface area contributed by atoms with Gasteiger partial charge in [-0.3, -0.25) is 19.3 Å². The normalized spacial score (nSPS) is 14.5. The average molecular weight is 344 g/mol. The fourth-order valence-corrected chi connectivity index (χ4v) is 2.76. The van der Waals surface area contributed by atoms with Crippen molar-refractivity contribution in [1.29, 1.82) is 0 Å². The minimum atomic E-state index is -0.753. The van der Waals surface area contributed by atoms with E-state index in [1.54, 1.807) is 19.1 Å². The Labute approximate surface area is 143 Å². The second-order valence-corrected chi connectivity index (χ2v) is 5.86. The third-order valence-electron chi connectivity index (χ3n) is 3.80. The molecule has 0 bridgehead atoms. The van der Waals surface area contributed by atoms with E-state index in [0.29, 0.717) is 10.7 Å². The minimum absolute atomic E-state index is 0.205. The van der Waals surface area contributed by atoms with Crippen molar-refractivity contribution in [3.8, 4) is 0 Å². The van der Waals surface area contributed by atoms with Crippen molar-refractivity contribution in [2.75, 3.05) is 11.4 Å². The second-order valence-electron chi connectivity index (χ2n) is 5.42. The Morgan fingerprint density at radius 3 is 2.58 bits per heavy atom. The van der Waals surface area contributed by atoms with Gasteiger partial charge in [0.15, 0.2) is 0 Å². The van der Waals surface area contributed by atoms with Crippen molar-refractivity contribution >= 4 is 34.9 Å². The summed E-state index contributed by atoms with van der Waals surface area (Å²) < 4.78 is 5.35. The Bertz CT molecular complexity index is 819. The van der Waals surface area contributed by atoms with E-state index >= 15 is 0 Å². The highest BCUT2D eigenvalue weighted by molar-refractivity contribution is 6.53. The number of halogens is 1. The molecule has 1 amide bonds. The maximum absolute atomic E-state index is 12.2. The monoisotopic (exact) mass is 343 g/mol. The van der Waals surface area contributed by atoms with Crippen LogP contribution in [0, 0.1) is 0 Å². The molecule has 1 heterocycles. The quantitative estimate of drug-likeness (QED) is 0.632. The van der Waals surface area contributed by atoms with E-state index in [2.05, 4.69) is 0 Å². The topological polar surface area (TPSA) is 63.7 Å². The van der Waals surface area contributed by atoms with E-state index in [9.17, 15) is 14.4 Å². The van der Waals surface area contributed by atoms with Gasteiger partial charge in [-0.15, -0.1) is 0 Å². The summed E-state index contributed by atoms with van der Waals surface area (Å²) in [6, 6.07) is 13.8. The Balaban J connectivity index is 1.73. The van der Waals surface area contributed by atoms with Gasteiger partial charge in [-0.25, -0.2) is 0 Å². The number of amides is 1. The maximum atomic E-state index is 12.2. The van der Waals surface area contributed by atoms with Crippen LogP contribution in [0.25, 0.3) is 0 Å². The third-order valence-corrected chi connectivity index (χ3v) is 4.03. The van der Waals surface area contributed by atoms with E-state index in [4.69, 9.17) is 16.3 Å². The van der Waals surface area contributed by atoms with E-state index < -0.39 is 23.8 Å². The van der Waals surface area contributed by atoms with Crippen molar-refractivity contribution in [3.05, 3.63) is 64.7 Å². The summed E-state index contributed by atoms with van der Waals surface area (Å²) in [4.78, 5) is 37.4. The number of anilines is 1. The zero-order valence-electron chi connectivity index (χ0n) is 12.9. The van der Waals surface area contributed by atoms with Crippen LogP contribution in [0.15, 0.2) is 48.5 Å². The van der Waals surface area contributed by atoms with Gasteiger partial charge in [-0.05, 0) is 30.7 Å². The van der Waals surface area contributed by atoms with Crippen LogP contribution < -0.4 is 4.90 Å². The first-order valence-corrected chi connectivity index (χ1v) is 7.75. The number of nitrogens with zero attached hydrogens (tertiary/aromatic N) is 1. The number of carbonyl (C=O) groups excluding carboxylic acids is 3. The van der Waals surface area contributed by atoms with Gasteiger partial charge in [-0.2, -0.15) is 0 Å². The lowest BCUT2D eigenvalue weighted by atomic mass is 10.1. The van der Waals surface area contributed by atoms with E-state index in [1.807, 2.05) is 30.3 Å². The molecule has 24 heavy (non-hydrogen) atoms. The lowest BCUT2D eigenvalue weighted by molar-refractivity contribution is -0.147. The lowest BCUT2D eigenvalue weighted by Gasteiger charge is -2.18. The molecule has 0 aromatic heterocycles. The molecule has 0 spiro atoms. The summed E-state index contributed by atoms with van der Waals surface area (Å²) in [6.45, 7) is 1.42. The van der Waals surface area contributed by atoms with Gasteiger partial charge in [0.05, 0.1) is 11.3 Å². The average Bonchev–Trinajstić information content (AvgIpc) is 2.80. The molecule has 2 aromatic rings. The number of hydrogen-bond donors (Lipinski definition) is 0. The number of hydrogen-bond acceptors (Lipinski definition) is 4. The van der Waals surface area contributed by atoms with Crippen molar-refractivity contribution in [1.82, 2.24) is 0 Å². The zero-order valence-corrected chi connectivity index (χ0v) is 13.6. The van der Waals surface area contributed by atoms with Crippen molar-refractivity contribution in [2.45, 2.75) is 13.0 Å². The fraction of sp³-hybridized carbons (Fsp3) is 0.167. The number of fused-ring (bicyclic) bond motifs is 1. The van der Waals surface area contributed by atoms with Crippen LogP contribution in [0.5, 0.6) is 0 Å². The molecule has 5 nitrogen and oxygen atoms in total. The molecule has 1 atom stereocenters. The molecule has 0 saturated heterocycles. The van der Waals surface area contributed by atoms with Crippen LogP contribution in [0.1, 0.15) is 28.9 Å².